The minimum Gasteiger partial charge on any atom is -0.389 e. The molecule has 3 nitrogen and oxygen atoms in total. The number of likely N-dealkylation sites (N-methyl/N-ethyl adjacent to an activating group) is 1. The Balaban J connectivity index is 2.08. The standard InChI is InChI=1S/C13H19NO2/c1-10(15)11-3-5-12(6-4-11)14(2)13-7-8-16-9-13/h3-6,10,13,15H,7-9H2,1-2H3. The van der Waals surface area contributed by atoms with E-state index >= 15 is 0 Å². The van der Waals surface area contributed by atoms with E-state index < -0.39 is 6.10 Å². The van der Waals surface area contributed by atoms with Crippen molar-refractivity contribution in [2.45, 2.75) is 25.5 Å². The number of benzene rings is 1. The SMILES string of the molecule is CC(O)c1ccc(N(C)C2CCOC2)cc1. The quantitative estimate of drug-likeness (QED) is 0.847. The topological polar surface area (TPSA) is 32.7 Å². The first-order valence-corrected chi connectivity index (χ1v) is 5.77. The summed E-state index contributed by atoms with van der Waals surface area (Å²) in [6, 6.07) is 8.55. The van der Waals surface area contributed by atoms with Crippen molar-refractivity contribution in [3.63, 3.8) is 0 Å². The van der Waals surface area contributed by atoms with Gasteiger partial charge in [-0.05, 0) is 31.0 Å². The number of nitrogens with zero attached hydrogens (tertiary/aromatic N) is 1. The molecule has 0 saturated carbocycles. The van der Waals surface area contributed by atoms with Gasteiger partial charge in [-0.15, -0.1) is 0 Å². The second kappa shape index (κ2) is 4.85. The molecule has 1 N–H and O–H groups in total. The molecule has 0 amide bonds. The van der Waals surface area contributed by atoms with E-state index in [-0.39, 0.29) is 0 Å². The average Bonchev–Trinajstić information content (AvgIpc) is 2.81. The van der Waals surface area contributed by atoms with Crippen LogP contribution in [0.15, 0.2) is 24.3 Å². The molecule has 2 atom stereocenters. The maximum absolute atomic E-state index is 9.43. The third-order valence-electron chi connectivity index (χ3n) is 3.24. The van der Waals surface area contributed by atoms with Gasteiger partial charge < -0.3 is 14.7 Å². The summed E-state index contributed by atoms with van der Waals surface area (Å²) < 4.78 is 5.38. The second-order valence-electron chi connectivity index (χ2n) is 4.40. The first-order valence-electron chi connectivity index (χ1n) is 5.77. The van der Waals surface area contributed by atoms with Crippen LogP contribution in [0, 0.1) is 0 Å². The zero-order valence-electron chi connectivity index (χ0n) is 9.89. The Kier molecular flexibility index (Phi) is 3.46. The zero-order valence-corrected chi connectivity index (χ0v) is 9.89. The first-order chi connectivity index (χ1) is 7.68. The molecule has 1 fully saturated rings. The minimum atomic E-state index is -0.394. The van der Waals surface area contributed by atoms with E-state index in [0.717, 1.165) is 25.2 Å². The molecule has 1 aromatic rings. The van der Waals surface area contributed by atoms with Crippen LogP contribution in [0.3, 0.4) is 0 Å². The van der Waals surface area contributed by atoms with Gasteiger partial charge in [-0.1, -0.05) is 12.1 Å². The van der Waals surface area contributed by atoms with Crippen molar-refractivity contribution in [2.75, 3.05) is 25.2 Å². The van der Waals surface area contributed by atoms with Crippen molar-refractivity contribution in [3.05, 3.63) is 29.8 Å². The van der Waals surface area contributed by atoms with Gasteiger partial charge in [0, 0.05) is 19.3 Å². The Bertz CT molecular complexity index is 328. The van der Waals surface area contributed by atoms with E-state index in [9.17, 15) is 5.11 Å². The van der Waals surface area contributed by atoms with Crippen LogP contribution < -0.4 is 4.90 Å². The molecule has 16 heavy (non-hydrogen) atoms. The first kappa shape index (κ1) is 11.4. The molecule has 3 heteroatoms. The number of hydrogen-bond acceptors (Lipinski definition) is 3. The van der Waals surface area contributed by atoms with E-state index in [1.807, 2.05) is 12.1 Å². The third kappa shape index (κ3) is 2.36. The molecule has 1 aliphatic heterocycles. The number of hydrogen-bond donors (Lipinski definition) is 1. The lowest BCUT2D eigenvalue weighted by Gasteiger charge is -2.25. The number of aliphatic hydroxyl groups is 1. The highest BCUT2D eigenvalue weighted by molar-refractivity contribution is 5.48. The smallest absolute Gasteiger partial charge is 0.0761 e. The Hall–Kier alpha value is -1.06. The third-order valence-corrected chi connectivity index (χ3v) is 3.24. The molecule has 2 unspecified atom stereocenters. The van der Waals surface area contributed by atoms with E-state index in [2.05, 4.69) is 24.1 Å². The Labute approximate surface area is 96.6 Å². The van der Waals surface area contributed by atoms with Gasteiger partial charge in [-0.25, -0.2) is 0 Å². The van der Waals surface area contributed by atoms with Gasteiger partial charge in [0.15, 0.2) is 0 Å². The molecule has 0 bridgehead atoms. The maximum Gasteiger partial charge on any atom is 0.0761 e. The lowest BCUT2D eigenvalue weighted by atomic mass is 10.1. The predicted octanol–water partition coefficient (Wildman–Crippen LogP) is 1.97. The summed E-state index contributed by atoms with van der Waals surface area (Å²) in [5.74, 6) is 0. The molecule has 0 spiro atoms. The maximum atomic E-state index is 9.43. The number of anilines is 1. The minimum absolute atomic E-state index is 0.394. The van der Waals surface area contributed by atoms with Crippen LogP contribution in [-0.2, 0) is 4.74 Å². The molecule has 1 saturated heterocycles. The van der Waals surface area contributed by atoms with Crippen molar-refractivity contribution < 1.29 is 9.84 Å². The fourth-order valence-corrected chi connectivity index (χ4v) is 2.03. The lowest BCUT2D eigenvalue weighted by Crippen LogP contribution is -2.31. The highest BCUT2D eigenvalue weighted by atomic mass is 16.5. The fraction of sp³-hybridized carbons (Fsp3) is 0.538. The van der Waals surface area contributed by atoms with Crippen molar-refractivity contribution in [2.24, 2.45) is 0 Å². The molecule has 88 valence electrons. The fourth-order valence-electron chi connectivity index (χ4n) is 2.03. The molecule has 1 heterocycles. The second-order valence-corrected chi connectivity index (χ2v) is 4.40. The summed E-state index contributed by atoms with van der Waals surface area (Å²) in [6.07, 6.45) is 0.698. The molecular formula is C13H19NO2. The van der Waals surface area contributed by atoms with Gasteiger partial charge in [0.25, 0.3) is 0 Å². The van der Waals surface area contributed by atoms with E-state index in [4.69, 9.17) is 4.74 Å². The van der Waals surface area contributed by atoms with Gasteiger partial charge in [-0.2, -0.15) is 0 Å². The van der Waals surface area contributed by atoms with Crippen molar-refractivity contribution in [3.8, 4) is 0 Å². The van der Waals surface area contributed by atoms with Crippen LogP contribution in [-0.4, -0.2) is 31.4 Å². The van der Waals surface area contributed by atoms with Crippen LogP contribution in [0.5, 0.6) is 0 Å². The van der Waals surface area contributed by atoms with Crippen LogP contribution in [0.1, 0.15) is 25.0 Å². The highest BCUT2D eigenvalue weighted by Gasteiger charge is 2.20. The summed E-state index contributed by atoms with van der Waals surface area (Å²) in [6.45, 7) is 3.46. The summed E-state index contributed by atoms with van der Waals surface area (Å²) >= 11 is 0. The summed E-state index contributed by atoms with van der Waals surface area (Å²) in [5.41, 5.74) is 2.14. The highest BCUT2D eigenvalue weighted by Crippen LogP contribution is 2.22. The van der Waals surface area contributed by atoms with E-state index in [1.54, 1.807) is 6.92 Å². The molecular weight excluding hydrogens is 202 g/mol. The van der Waals surface area contributed by atoms with Gasteiger partial charge in [-0.3, -0.25) is 0 Å². The Morgan fingerprint density at radius 1 is 1.38 bits per heavy atom. The molecule has 0 aliphatic carbocycles. The van der Waals surface area contributed by atoms with Crippen molar-refractivity contribution >= 4 is 5.69 Å². The van der Waals surface area contributed by atoms with Crippen LogP contribution >= 0.6 is 0 Å². The molecule has 1 aromatic carbocycles. The summed E-state index contributed by atoms with van der Waals surface area (Å²) in [5, 5.41) is 9.43. The summed E-state index contributed by atoms with van der Waals surface area (Å²) in [7, 11) is 2.09. The van der Waals surface area contributed by atoms with Gasteiger partial charge >= 0.3 is 0 Å². The normalized spacial score (nSPS) is 22.1. The lowest BCUT2D eigenvalue weighted by molar-refractivity contribution is 0.193. The Morgan fingerprint density at radius 2 is 2.06 bits per heavy atom. The van der Waals surface area contributed by atoms with Crippen molar-refractivity contribution in [1.29, 1.82) is 0 Å². The summed E-state index contributed by atoms with van der Waals surface area (Å²) in [4.78, 5) is 2.25. The van der Waals surface area contributed by atoms with Crippen LogP contribution in [0.25, 0.3) is 0 Å². The molecule has 0 aromatic heterocycles. The Morgan fingerprint density at radius 3 is 2.56 bits per heavy atom. The van der Waals surface area contributed by atoms with Gasteiger partial charge in [0.2, 0.25) is 0 Å². The van der Waals surface area contributed by atoms with Crippen LogP contribution in [0.4, 0.5) is 5.69 Å². The monoisotopic (exact) mass is 221 g/mol. The number of aliphatic hydroxyl groups excluding tert-OH is 1. The van der Waals surface area contributed by atoms with E-state index in [1.165, 1.54) is 5.69 Å². The van der Waals surface area contributed by atoms with E-state index in [0.29, 0.717) is 6.04 Å². The molecule has 2 rings (SSSR count). The number of ether oxygens (including phenoxy) is 1. The van der Waals surface area contributed by atoms with Gasteiger partial charge in [0.05, 0.1) is 18.8 Å². The van der Waals surface area contributed by atoms with Crippen molar-refractivity contribution in [1.82, 2.24) is 0 Å². The largest absolute Gasteiger partial charge is 0.389 e. The average molecular weight is 221 g/mol. The van der Waals surface area contributed by atoms with Gasteiger partial charge in [0.1, 0.15) is 0 Å². The predicted molar refractivity (Wildman–Crippen MR) is 64.7 cm³/mol. The molecule has 1 aliphatic rings. The van der Waals surface area contributed by atoms with Crippen LogP contribution in [0.2, 0.25) is 0 Å². The number of rotatable bonds is 3. The molecule has 0 radical (unpaired) electrons. The zero-order chi connectivity index (χ0) is 11.5.